The van der Waals surface area contributed by atoms with Gasteiger partial charge < -0.3 is 19.8 Å². The molecule has 2 aromatic carbocycles. The number of aryl methyl sites for hydroxylation is 1. The Morgan fingerprint density at radius 1 is 1.20 bits per heavy atom. The summed E-state index contributed by atoms with van der Waals surface area (Å²) >= 11 is 0. The van der Waals surface area contributed by atoms with Crippen LogP contribution in [-0.4, -0.2) is 34.5 Å². The summed E-state index contributed by atoms with van der Waals surface area (Å²) in [5.41, 5.74) is 4.73. The van der Waals surface area contributed by atoms with Crippen LogP contribution < -0.4 is 4.74 Å². The van der Waals surface area contributed by atoms with Gasteiger partial charge in [-0.25, -0.2) is 0 Å². The molecule has 0 fully saturated rings. The summed E-state index contributed by atoms with van der Waals surface area (Å²) in [7, 11) is 1.49. The van der Waals surface area contributed by atoms with E-state index in [1.165, 1.54) is 24.3 Å². The first-order valence-corrected chi connectivity index (χ1v) is 8.25. The minimum absolute atomic E-state index is 0.0172. The van der Waals surface area contributed by atoms with Crippen molar-refractivity contribution in [1.82, 2.24) is 4.90 Å². The Morgan fingerprint density at radius 2 is 1.96 bits per heavy atom. The Hall–Kier alpha value is -2.79. The zero-order chi connectivity index (χ0) is 17.6. The third-order valence-electron chi connectivity index (χ3n) is 4.81. The summed E-state index contributed by atoms with van der Waals surface area (Å²) in [6.45, 7) is 2.07. The summed E-state index contributed by atoms with van der Waals surface area (Å²) < 4.78 is 5.17. The largest absolute Gasteiger partial charge is 0.504 e. The van der Waals surface area contributed by atoms with Gasteiger partial charge in [0.05, 0.1) is 18.8 Å². The van der Waals surface area contributed by atoms with E-state index >= 15 is 0 Å². The molecule has 0 spiro atoms. The lowest BCUT2D eigenvalue weighted by molar-refractivity contribution is 0.0336. The average Bonchev–Trinajstić information content (AvgIpc) is 2.99. The molecule has 4 rings (SSSR count). The maximum Gasteiger partial charge on any atom is 0.161 e. The predicted molar refractivity (Wildman–Crippen MR) is 97.2 cm³/mol. The van der Waals surface area contributed by atoms with Gasteiger partial charge in [-0.1, -0.05) is 29.8 Å². The first-order valence-electron chi connectivity index (χ1n) is 8.25. The number of hydrogen-bond donors (Lipinski definition) is 2. The quantitative estimate of drug-likeness (QED) is 0.880. The van der Waals surface area contributed by atoms with E-state index in [2.05, 4.69) is 36.2 Å². The Labute approximate surface area is 146 Å². The average molecular weight is 336 g/mol. The van der Waals surface area contributed by atoms with Crippen LogP contribution in [0.1, 0.15) is 29.3 Å². The van der Waals surface area contributed by atoms with E-state index in [1.54, 1.807) is 6.07 Å². The van der Waals surface area contributed by atoms with Crippen molar-refractivity contribution in [3.8, 4) is 11.5 Å². The van der Waals surface area contributed by atoms with Crippen molar-refractivity contribution >= 4 is 17.5 Å². The molecule has 0 bridgehead atoms. The molecule has 2 unspecified atom stereocenters. The molecule has 2 aliphatic rings. The number of hydrogen-bond acceptors (Lipinski definition) is 5. The summed E-state index contributed by atoms with van der Waals surface area (Å²) in [6, 6.07) is 11.5. The number of ether oxygens (including phenoxy) is 1. The molecule has 2 heterocycles. The SMILES string of the molecule is COc1cc2c(cc1O)N=CC1CC(c3ccc(C)cc3)=CN1C2O. The van der Waals surface area contributed by atoms with Crippen molar-refractivity contribution in [2.75, 3.05) is 7.11 Å². The molecule has 2 aromatic rings. The number of aliphatic hydroxyl groups is 1. The van der Waals surface area contributed by atoms with Crippen LogP contribution in [-0.2, 0) is 0 Å². The number of fused-ring (bicyclic) bond motifs is 2. The number of aromatic hydroxyl groups is 1. The van der Waals surface area contributed by atoms with E-state index in [0.717, 1.165) is 12.0 Å². The van der Waals surface area contributed by atoms with Crippen molar-refractivity contribution in [3.05, 3.63) is 59.3 Å². The number of phenols is 1. The molecular formula is C20H20N2O3. The summed E-state index contributed by atoms with van der Waals surface area (Å²) in [5, 5.41) is 20.8. The molecular weight excluding hydrogens is 316 g/mol. The van der Waals surface area contributed by atoms with E-state index in [0.29, 0.717) is 17.0 Å². The van der Waals surface area contributed by atoms with Gasteiger partial charge in [-0.05, 0) is 30.5 Å². The smallest absolute Gasteiger partial charge is 0.161 e. The molecule has 0 radical (unpaired) electrons. The van der Waals surface area contributed by atoms with Crippen LogP contribution in [0.5, 0.6) is 11.5 Å². The molecule has 2 aliphatic heterocycles. The van der Waals surface area contributed by atoms with Crippen LogP contribution in [0, 0.1) is 6.92 Å². The molecule has 0 aliphatic carbocycles. The number of rotatable bonds is 2. The Kier molecular flexibility index (Phi) is 3.73. The first-order chi connectivity index (χ1) is 12.1. The predicted octanol–water partition coefficient (Wildman–Crippen LogP) is 3.53. The molecule has 0 saturated heterocycles. The Bertz CT molecular complexity index is 871. The highest BCUT2D eigenvalue weighted by Gasteiger charge is 2.33. The van der Waals surface area contributed by atoms with Crippen molar-refractivity contribution in [2.45, 2.75) is 25.6 Å². The van der Waals surface area contributed by atoms with Crippen molar-refractivity contribution in [3.63, 3.8) is 0 Å². The highest BCUT2D eigenvalue weighted by atomic mass is 16.5. The highest BCUT2D eigenvalue weighted by Crippen LogP contribution is 2.43. The van der Waals surface area contributed by atoms with E-state index in [-0.39, 0.29) is 11.8 Å². The molecule has 2 N–H and O–H groups in total. The van der Waals surface area contributed by atoms with Gasteiger partial charge in [0, 0.05) is 24.0 Å². The molecule has 128 valence electrons. The summed E-state index contributed by atoms with van der Waals surface area (Å²) in [4.78, 5) is 6.39. The normalized spacial score (nSPS) is 21.4. The number of nitrogens with zero attached hydrogens (tertiary/aromatic N) is 2. The van der Waals surface area contributed by atoms with Crippen LogP contribution in [0.15, 0.2) is 47.6 Å². The molecule has 0 amide bonds. The summed E-state index contributed by atoms with van der Waals surface area (Å²) in [5.74, 6) is 0.344. The summed E-state index contributed by atoms with van der Waals surface area (Å²) in [6.07, 6.45) is 3.76. The molecule has 0 saturated carbocycles. The van der Waals surface area contributed by atoms with Gasteiger partial charge in [-0.2, -0.15) is 0 Å². The maximum atomic E-state index is 10.9. The van der Waals surface area contributed by atoms with E-state index in [9.17, 15) is 10.2 Å². The van der Waals surface area contributed by atoms with Gasteiger partial charge in [-0.3, -0.25) is 4.99 Å². The highest BCUT2D eigenvalue weighted by molar-refractivity contribution is 5.80. The third kappa shape index (κ3) is 2.66. The van der Waals surface area contributed by atoms with Crippen LogP contribution >= 0.6 is 0 Å². The van der Waals surface area contributed by atoms with Gasteiger partial charge in [-0.15, -0.1) is 0 Å². The molecule has 2 atom stereocenters. The van der Waals surface area contributed by atoms with E-state index in [4.69, 9.17) is 4.74 Å². The van der Waals surface area contributed by atoms with Crippen LogP contribution in [0.2, 0.25) is 0 Å². The van der Waals surface area contributed by atoms with Crippen molar-refractivity contribution < 1.29 is 14.9 Å². The minimum atomic E-state index is -0.847. The monoisotopic (exact) mass is 336 g/mol. The first kappa shape index (κ1) is 15.7. The fourth-order valence-electron chi connectivity index (χ4n) is 3.38. The lowest BCUT2D eigenvalue weighted by Crippen LogP contribution is -2.30. The second kappa shape index (κ2) is 5.93. The number of aliphatic hydroxyl groups excluding tert-OH is 1. The number of phenolic OH excluding ortho intramolecular Hbond substituents is 1. The lowest BCUT2D eigenvalue weighted by atomic mass is 10.0. The van der Waals surface area contributed by atoms with Gasteiger partial charge in [0.1, 0.15) is 0 Å². The topological polar surface area (TPSA) is 65.3 Å². The van der Waals surface area contributed by atoms with Crippen LogP contribution in [0.3, 0.4) is 0 Å². The second-order valence-corrected chi connectivity index (χ2v) is 6.47. The molecule has 5 heteroatoms. The number of benzene rings is 2. The third-order valence-corrected chi connectivity index (χ3v) is 4.81. The Morgan fingerprint density at radius 3 is 2.68 bits per heavy atom. The zero-order valence-corrected chi connectivity index (χ0v) is 14.2. The standard InChI is InChI=1S/C20H20N2O3/c1-12-3-5-13(6-4-12)14-7-15-10-21-17-9-18(23)19(25-2)8-16(17)20(24)22(15)11-14/h3-6,8-11,15,20,23-24H,7H2,1-2H3. The van der Waals surface area contributed by atoms with Crippen molar-refractivity contribution in [2.24, 2.45) is 4.99 Å². The fourth-order valence-corrected chi connectivity index (χ4v) is 3.38. The van der Waals surface area contributed by atoms with Gasteiger partial charge in [0.2, 0.25) is 0 Å². The zero-order valence-electron chi connectivity index (χ0n) is 14.2. The molecule has 25 heavy (non-hydrogen) atoms. The van der Waals surface area contributed by atoms with E-state index in [1.807, 2.05) is 17.3 Å². The van der Waals surface area contributed by atoms with Gasteiger partial charge in [0.25, 0.3) is 0 Å². The molecule has 5 nitrogen and oxygen atoms in total. The maximum absolute atomic E-state index is 10.9. The van der Waals surface area contributed by atoms with Gasteiger partial charge in [0.15, 0.2) is 17.7 Å². The van der Waals surface area contributed by atoms with Crippen LogP contribution in [0.25, 0.3) is 5.57 Å². The molecule has 0 aromatic heterocycles. The van der Waals surface area contributed by atoms with Gasteiger partial charge >= 0.3 is 0 Å². The van der Waals surface area contributed by atoms with Crippen LogP contribution in [0.4, 0.5) is 5.69 Å². The second-order valence-electron chi connectivity index (χ2n) is 6.47. The fraction of sp³-hybridized carbons (Fsp3) is 0.250. The number of methoxy groups -OCH3 is 1. The van der Waals surface area contributed by atoms with E-state index < -0.39 is 6.23 Å². The number of aliphatic imine (C=N–C) groups is 1. The van der Waals surface area contributed by atoms with Crippen molar-refractivity contribution in [1.29, 1.82) is 0 Å². The Balaban J connectivity index is 1.72. The lowest BCUT2D eigenvalue weighted by Gasteiger charge is -2.27. The minimum Gasteiger partial charge on any atom is -0.504 e.